The van der Waals surface area contributed by atoms with Crippen LogP contribution in [0.3, 0.4) is 0 Å². The number of Topliss-reactive ketones (excluding diaryl/α,β-unsaturated/α-hetero) is 1. The minimum atomic E-state index is -0.591. The van der Waals surface area contributed by atoms with Gasteiger partial charge in [-0.05, 0) is 26.8 Å². The molecule has 0 aliphatic carbocycles. The van der Waals surface area contributed by atoms with E-state index in [2.05, 4.69) is 5.32 Å². The van der Waals surface area contributed by atoms with Crippen molar-refractivity contribution >= 4 is 34.8 Å². The minimum Gasteiger partial charge on any atom is -0.444 e. The highest BCUT2D eigenvalue weighted by atomic mass is 35.5. The fourth-order valence-electron chi connectivity index (χ4n) is 1.62. The molecule has 0 aliphatic rings. The first-order valence-electron chi connectivity index (χ1n) is 6.47. The van der Waals surface area contributed by atoms with E-state index in [0.29, 0.717) is 9.90 Å². The minimum absolute atomic E-state index is 0.101. The monoisotopic (exact) mass is 333 g/mol. The number of alkyl carbamates (subject to hydrolysis) is 1. The second kappa shape index (κ2) is 7.77. The van der Waals surface area contributed by atoms with Gasteiger partial charge in [0.05, 0.1) is 17.0 Å². The van der Waals surface area contributed by atoms with E-state index in [1.165, 1.54) is 18.4 Å². The molecule has 1 amide bonds. The second-order valence-electron chi connectivity index (χ2n) is 5.57. The van der Waals surface area contributed by atoms with Crippen LogP contribution >= 0.6 is 22.9 Å². The third-order valence-corrected chi connectivity index (χ3v) is 3.50. The predicted molar refractivity (Wildman–Crippen MR) is 83.3 cm³/mol. The number of hydrogen-bond acceptors (Lipinski definition) is 5. The van der Waals surface area contributed by atoms with Crippen LogP contribution in [0.1, 0.15) is 37.6 Å². The van der Waals surface area contributed by atoms with Crippen LogP contribution in [0.5, 0.6) is 0 Å². The molecule has 0 aliphatic heterocycles. The molecular weight excluding hydrogens is 314 g/mol. The molecule has 0 bridgehead atoms. The maximum atomic E-state index is 12.1. The van der Waals surface area contributed by atoms with E-state index in [4.69, 9.17) is 21.1 Å². The Balaban J connectivity index is 2.61. The Kier molecular flexibility index (Phi) is 6.64. The number of thiophene rings is 1. The number of ether oxygens (including phenoxy) is 2. The Bertz CT molecular complexity index is 495. The number of hydrogen-bond donors (Lipinski definition) is 1. The zero-order valence-electron chi connectivity index (χ0n) is 12.6. The van der Waals surface area contributed by atoms with E-state index in [1.54, 1.807) is 32.2 Å². The zero-order chi connectivity index (χ0) is 16.0. The van der Waals surface area contributed by atoms with Gasteiger partial charge < -0.3 is 14.8 Å². The fourth-order valence-corrected chi connectivity index (χ4v) is 2.51. The summed E-state index contributed by atoms with van der Waals surface area (Å²) in [5.41, 5.74) is -0.0517. The maximum Gasteiger partial charge on any atom is 0.407 e. The van der Waals surface area contributed by atoms with Crippen molar-refractivity contribution < 1.29 is 19.1 Å². The summed E-state index contributed by atoms with van der Waals surface area (Å²) >= 11 is 7.11. The van der Waals surface area contributed by atoms with Gasteiger partial charge in [-0.1, -0.05) is 11.6 Å². The molecule has 7 heteroatoms. The Morgan fingerprint density at radius 1 is 1.43 bits per heavy atom. The number of carbonyl (C=O) groups is 2. The van der Waals surface area contributed by atoms with Crippen molar-refractivity contribution in [3.8, 4) is 0 Å². The lowest BCUT2D eigenvalue weighted by Gasteiger charge is -2.23. The van der Waals surface area contributed by atoms with E-state index in [0.717, 1.165) is 0 Å². The Labute approximate surface area is 133 Å². The molecule has 1 aromatic rings. The first kappa shape index (κ1) is 17.9. The Morgan fingerprint density at radius 2 is 2.10 bits per heavy atom. The van der Waals surface area contributed by atoms with Crippen LogP contribution in [0.2, 0.25) is 4.34 Å². The van der Waals surface area contributed by atoms with Crippen molar-refractivity contribution in [3.05, 3.63) is 21.3 Å². The SMILES string of the molecule is COCC(CC(=O)c1csc(Cl)c1)NC(=O)OC(C)(C)C. The van der Waals surface area contributed by atoms with E-state index >= 15 is 0 Å². The van der Waals surface area contributed by atoms with E-state index in [-0.39, 0.29) is 18.8 Å². The van der Waals surface area contributed by atoms with Crippen molar-refractivity contribution in [2.75, 3.05) is 13.7 Å². The van der Waals surface area contributed by atoms with Crippen molar-refractivity contribution in [1.82, 2.24) is 5.32 Å². The van der Waals surface area contributed by atoms with Gasteiger partial charge in [-0.2, -0.15) is 0 Å². The molecule has 21 heavy (non-hydrogen) atoms. The van der Waals surface area contributed by atoms with Crippen LogP contribution in [0, 0.1) is 0 Å². The number of amides is 1. The highest BCUT2D eigenvalue weighted by molar-refractivity contribution is 7.14. The van der Waals surface area contributed by atoms with Crippen LogP contribution in [-0.4, -0.2) is 37.2 Å². The van der Waals surface area contributed by atoms with Gasteiger partial charge in [0.1, 0.15) is 5.60 Å². The van der Waals surface area contributed by atoms with E-state index < -0.39 is 17.7 Å². The summed E-state index contributed by atoms with van der Waals surface area (Å²) in [4.78, 5) is 23.9. The van der Waals surface area contributed by atoms with Crippen molar-refractivity contribution in [2.24, 2.45) is 0 Å². The smallest absolute Gasteiger partial charge is 0.407 e. The summed E-state index contributed by atoms with van der Waals surface area (Å²) in [7, 11) is 1.51. The molecule has 1 aromatic heterocycles. The van der Waals surface area contributed by atoms with Gasteiger partial charge in [-0.25, -0.2) is 4.79 Å². The lowest BCUT2D eigenvalue weighted by molar-refractivity contribution is 0.0464. The lowest BCUT2D eigenvalue weighted by Crippen LogP contribution is -2.42. The summed E-state index contributed by atoms with van der Waals surface area (Å²) in [6.07, 6.45) is -0.444. The van der Waals surface area contributed by atoms with Gasteiger partial charge in [-0.3, -0.25) is 4.79 Å². The molecular formula is C14H20ClNO4S. The van der Waals surface area contributed by atoms with Gasteiger partial charge in [0, 0.05) is 24.5 Å². The molecule has 1 heterocycles. The van der Waals surface area contributed by atoms with E-state index in [1.807, 2.05) is 0 Å². The quantitative estimate of drug-likeness (QED) is 0.809. The van der Waals surface area contributed by atoms with Gasteiger partial charge in [0.2, 0.25) is 0 Å². The van der Waals surface area contributed by atoms with Crippen molar-refractivity contribution in [1.29, 1.82) is 0 Å². The zero-order valence-corrected chi connectivity index (χ0v) is 14.1. The van der Waals surface area contributed by atoms with Gasteiger partial charge in [0.25, 0.3) is 0 Å². The average molecular weight is 334 g/mol. The highest BCUT2D eigenvalue weighted by Gasteiger charge is 2.22. The summed E-state index contributed by atoms with van der Waals surface area (Å²) in [5.74, 6) is -0.101. The number of methoxy groups -OCH3 is 1. The molecule has 0 aromatic carbocycles. The number of nitrogens with one attached hydrogen (secondary N) is 1. The number of rotatable bonds is 6. The Morgan fingerprint density at radius 3 is 2.57 bits per heavy atom. The normalized spacial score (nSPS) is 12.8. The lowest BCUT2D eigenvalue weighted by atomic mass is 10.1. The van der Waals surface area contributed by atoms with Gasteiger partial charge >= 0.3 is 6.09 Å². The highest BCUT2D eigenvalue weighted by Crippen LogP contribution is 2.21. The first-order valence-corrected chi connectivity index (χ1v) is 7.72. The average Bonchev–Trinajstić information content (AvgIpc) is 2.73. The summed E-state index contributed by atoms with van der Waals surface area (Å²) < 4.78 is 10.8. The molecule has 0 saturated carbocycles. The summed E-state index contributed by atoms with van der Waals surface area (Å²) in [6, 6.07) is 1.17. The molecule has 0 spiro atoms. The van der Waals surface area contributed by atoms with Crippen LogP contribution in [0.4, 0.5) is 4.79 Å². The molecule has 1 N–H and O–H groups in total. The standard InChI is InChI=1S/C14H20ClNO4S/c1-14(2,3)20-13(18)16-10(7-19-4)6-11(17)9-5-12(15)21-8-9/h5,8,10H,6-7H2,1-4H3,(H,16,18). The molecule has 0 fully saturated rings. The van der Waals surface area contributed by atoms with Crippen LogP contribution < -0.4 is 5.32 Å². The predicted octanol–water partition coefficient (Wildman–Crippen LogP) is 3.51. The molecule has 1 unspecified atom stereocenters. The fraction of sp³-hybridized carbons (Fsp3) is 0.571. The van der Waals surface area contributed by atoms with Crippen LogP contribution in [0.25, 0.3) is 0 Å². The molecule has 0 radical (unpaired) electrons. The number of halogens is 1. The topological polar surface area (TPSA) is 64.6 Å². The van der Waals surface area contributed by atoms with Crippen molar-refractivity contribution in [3.63, 3.8) is 0 Å². The molecule has 1 atom stereocenters. The first-order chi connectivity index (χ1) is 9.71. The van der Waals surface area contributed by atoms with Crippen molar-refractivity contribution in [2.45, 2.75) is 38.8 Å². The third-order valence-electron chi connectivity index (χ3n) is 2.41. The molecule has 5 nitrogen and oxygen atoms in total. The molecule has 118 valence electrons. The number of carbonyl (C=O) groups excluding carboxylic acids is 2. The Hall–Kier alpha value is -1.11. The maximum absolute atomic E-state index is 12.1. The van der Waals surface area contributed by atoms with Gasteiger partial charge in [-0.15, -0.1) is 11.3 Å². The van der Waals surface area contributed by atoms with Crippen LogP contribution in [0.15, 0.2) is 11.4 Å². The third kappa shape index (κ3) is 6.93. The second-order valence-corrected chi connectivity index (χ2v) is 7.11. The van der Waals surface area contributed by atoms with E-state index in [9.17, 15) is 9.59 Å². The van der Waals surface area contributed by atoms with Crippen LogP contribution in [-0.2, 0) is 9.47 Å². The summed E-state index contributed by atoms with van der Waals surface area (Å²) in [6.45, 7) is 5.55. The van der Waals surface area contributed by atoms with Gasteiger partial charge in [0.15, 0.2) is 5.78 Å². The number of ketones is 1. The largest absolute Gasteiger partial charge is 0.444 e. The molecule has 0 saturated heterocycles. The molecule has 1 rings (SSSR count). The summed E-state index contributed by atoms with van der Waals surface area (Å²) in [5, 5.41) is 4.34.